The summed E-state index contributed by atoms with van der Waals surface area (Å²) in [4.78, 5) is 15.4. The standard InChI is InChI=1S/C24H25ClN4O4S/c1-17-26-27-22(33-17)16-18-6-8-19(9-7-18)29-15-12-24(23(29)30)10-13-28(14-11-24)34(31,32)21-5-3-2-4-20(21)25/h2-9H,10-16H2,1H3. The van der Waals surface area contributed by atoms with Crippen molar-refractivity contribution < 1.29 is 17.6 Å². The maximum absolute atomic E-state index is 13.4. The van der Waals surface area contributed by atoms with Gasteiger partial charge in [0.05, 0.1) is 16.9 Å². The molecule has 3 aromatic rings. The van der Waals surface area contributed by atoms with Gasteiger partial charge in [0.15, 0.2) is 0 Å². The zero-order valence-electron chi connectivity index (χ0n) is 18.8. The first-order chi connectivity index (χ1) is 16.3. The molecule has 0 bridgehead atoms. The van der Waals surface area contributed by atoms with E-state index in [0.717, 1.165) is 17.7 Å². The number of aryl methyl sites for hydroxylation is 1. The number of halogens is 1. The Hall–Kier alpha value is -2.75. The van der Waals surface area contributed by atoms with Crippen LogP contribution in [0.5, 0.6) is 0 Å². The summed E-state index contributed by atoms with van der Waals surface area (Å²) < 4.78 is 33.0. The number of hydrogen-bond donors (Lipinski definition) is 0. The molecule has 0 radical (unpaired) electrons. The molecule has 2 aromatic carbocycles. The Balaban J connectivity index is 1.26. The van der Waals surface area contributed by atoms with E-state index in [9.17, 15) is 13.2 Å². The molecule has 0 aliphatic carbocycles. The molecule has 10 heteroatoms. The Morgan fingerprint density at radius 1 is 1.00 bits per heavy atom. The zero-order chi connectivity index (χ0) is 23.9. The maximum atomic E-state index is 13.4. The third kappa shape index (κ3) is 4.12. The summed E-state index contributed by atoms with van der Waals surface area (Å²) in [5.41, 5.74) is 1.34. The SMILES string of the molecule is Cc1nnc(Cc2ccc(N3CCC4(CCN(S(=O)(=O)c5ccccc5Cl)CC4)C3=O)cc2)o1. The van der Waals surface area contributed by atoms with Crippen LogP contribution in [0.25, 0.3) is 0 Å². The average molecular weight is 501 g/mol. The highest BCUT2D eigenvalue weighted by Crippen LogP contribution is 2.44. The summed E-state index contributed by atoms with van der Waals surface area (Å²) in [6.45, 7) is 2.98. The fourth-order valence-corrected chi connectivity index (χ4v) is 6.79. The lowest BCUT2D eigenvalue weighted by atomic mass is 9.77. The first kappa shape index (κ1) is 23.0. The molecule has 0 unspecified atom stereocenters. The Morgan fingerprint density at radius 3 is 2.32 bits per heavy atom. The molecule has 8 nitrogen and oxygen atoms in total. The highest BCUT2D eigenvalue weighted by molar-refractivity contribution is 7.89. The van der Waals surface area contributed by atoms with Crippen LogP contribution in [0.2, 0.25) is 5.02 Å². The smallest absolute Gasteiger partial charge is 0.244 e. The van der Waals surface area contributed by atoms with Crippen molar-refractivity contribution in [2.24, 2.45) is 5.41 Å². The van der Waals surface area contributed by atoms with Crippen LogP contribution < -0.4 is 4.90 Å². The van der Waals surface area contributed by atoms with Gasteiger partial charge in [-0.2, -0.15) is 4.31 Å². The van der Waals surface area contributed by atoms with Crippen LogP contribution in [0.1, 0.15) is 36.6 Å². The van der Waals surface area contributed by atoms with Crippen molar-refractivity contribution in [3.63, 3.8) is 0 Å². The minimum Gasteiger partial charge on any atom is -0.425 e. The minimum absolute atomic E-state index is 0.0718. The van der Waals surface area contributed by atoms with E-state index in [1.807, 2.05) is 29.2 Å². The molecular formula is C24H25ClN4O4S. The summed E-state index contributed by atoms with van der Waals surface area (Å²) in [6, 6.07) is 14.3. The van der Waals surface area contributed by atoms with E-state index < -0.39 is 15.4 Å². The van der Waals surface area contributed by atoms with Crippen LogP contribution in [0, 0.1) is 12.3 Å². The second-order valence-corrected chi connectivity index (χ2v) is 11.2. The van der Waals surface area contributed by atoms with Crippen LogP contribution in [-0.4, -0.2) is 48.5 Å². The van der Waals surface area contributed by atoms with Crippen LogP contribution in [-0.2, 0) is 21.2 Å². The summed E-state index contributed by atoms with van der Waals surface area (Å²) in [6.07, 6.45) is 2.25. The molecule has 0 N–H and O–H groups in total. The molecule has 0 atom stereocenters. The van der Waals surface area contributed by atoms with Gasteiger partial charge in [-0.3, -0.25) is 4.79 Å². The monoisotopic (exact) mass is 500 g/mol. The van der Waals surface area contributed by atoms with Crippen LogP contribution in [0.15, 0.2) is 57.8 Å². The van der Waals surface area contributed by atoms with Crippen LogP contribution in [0.4, 0.5) is 5.69 Å². The molecule has 2 saturated heterocycles. The third-order valence-electron chi connectivity index (χ3n) is 6.82. The molecule has 0 saturated carbocycles. The molecule has 2 aliphatic rings. The number of amides is 1. The van der Waals surface area contributed by atoms with Gasteiger partial charge >= 0.3 is 0 Å². The molecule has 1 aromatic heterocycles. The predicted octanol–water partition coefficient (Wildman–Crippen LogP) is 3.83. The fraction of sp³-hybridized carbons (Fsp3) is 0.375. The molecule has 2 aliphatic heterocycles. The van der Waals surface area contributed by atoms with E-state index in [1.165, 1.54) is 10.4 Å². The summed E-state index contributed by atoms with van der Waals surface area (Å²) in [5.74, 6) is 1.16. The number of piperidine rings is 1. The molecule has 2 fully saturated rings. The Kier molecular flexibility index (Phi) is 5.95. The molecule has 1 spiro atoms. The van der Waals surface area contributed by atoms with E-state index >= 15 is 0 Å². The predicted molar refractivity (Wildman–Crippen MR) is 127 cm³/mol. The maximum Gasteiger partial charge on any atom is 0.244 e. The minimum atomic E-state index is -3.69. The van der Waals surface area contributed by atoms with E-state index in [0.29, 0.717) is 50.7 Å². The number of hydrogen-bond acceptors (Lipinski definition) is 6. The third-order valence-corrected chi connectivity index (χ3v) is 9.22. The molecule has 1 amide bonds. The topological polar surface area (TPSA) is 96.6 Å². The lowest BCUT2D eigenvalue weighted by Gasteiger charge is -2.37. The molecule has 178 valence electrons. The van der Waals surface area contributed by atoms with Gasteiger partial charge in [-0.05, 0) is 49.1 Å². The van der Waals surface area contributed by atoms with Gasteiger partial charge in [0, 0.05) is 32.2 Å². The van der Waals surface area contributed by atoms with Gasteiger partial charge in [-0.1, -0.05) is 35.9 Å². The summed E-state index contributed by atoms with van der Waals surface area (Å²) in [7, 11) is -3.69. The van der Waals surface area contributed by atoms with Crippen LogP contribution >= 0.6 is 11.6 Å². The Morgan fingerprint density at radius 2 is 1.68 bits per heavy atom. The number of anilines is 1. The number of nitrogens with zero attached hydrogens (tertiary/aromatic N) is 4. The molecule has 5 rings (SSSR count). The number of sulfonamides is 1. The van der Waals surface area contributed by atoms with Crippen molar-refractivity contribution in [3.8, 4) is 0 Å². The van der Waals surface area contributed by atoms with Crippen LogP contribution in [0.3, 0.4) is 0 Å². The largest absolute Gasteiger partial charge is 0.425 e. The van der Waals surface area contributed by atoms with E-state index in [4.69, 9.17) is 16.0 Å². The second kappa shape index (κ2) is 8.79. The van der Waals surface area contributed by atoms with E-state index in [-0.39, 0.29) is 15.8 Å². The molecule has 3 heterocycles. The number of carbonyl (C=O) groups is 1. The highest BCUT2D eigenvalue weighted by atomic mass is 35.5. The van der Waals surface area contributed by atoms with E-state index in [2.05, 4.69) is 10.2 Å². The number of aromatic nitrogens is 2. The van der Waals surface area contributed by atoms with Gasteiger partial charge in [-0.15, -0.1) is 10.2 Å². The second-order valence-electron chi connectivity index (χ2n) is 8.88. The van der Waals surface area contributed by atoms with Gasteiger partial charge in [0.25, 0.3) is 0 Å². The first-order valence-electron chi connectivity index (χ1n) is 11.2. The normalized spacial score (nSPS) is 18.6. The van der Waals surface area contributed by atoms with Crippen molar-refractivity contribution in [1.82, 2.24) is 14.5 Å². The van der Waals surface area contributed by atoms with E-state index in [1.54, 1.807) is 25.1 Å². The molecular weight excluding hydrogens is 476 g/mol. The highest BCUT2D eigenvalue weighted by Gasteiger charge is 2.50. The lowest BCUT2D eigenvalue weighted by Crippen LogP contribution is -2.46. The summed E-state index contributed by atoms with van der Waals surface area (Å²) >= 11 is 6.14. The van der Waals surface area contributed by atoms with Gasteiger partial charge in [0.2, 0.25) is 27.7 Å². The van der Waals surface area contributed by atoms with Crippen molar-refractivity contribution in [2.75, 3.05) is 24.5 Å². The number of rotatable bonds is 5. The number of carbonyl (C=O) groups excluding carboxylic acids is 1. The zero-order valence-corrected chi connectivity index (χ0v) is 20.3. The van der Waals surface area contributed by atoms with Crippen molar-refractivity contribution in [3.05, 3.63) is 70.9 Å². The number of benzene rings is 2. The summed E-state index contributed by atoms with van der Waals surface area (Å²) in [5, 5.41) is 8.08. The van der Waals surface area contributed by atoms with Gasteiger partial charge in [0.1, 0.15) is 4.90 Å². The quantitative estimate of drug-likeness (QED) is 0.528. The van der Waals surface area contributed by atoms with Gasteiger partial charge < -0.3 is 9.32 Å². The first-order valence-corrected chi connectivity index (χ1v) is 13.0. The Bertz CT molecular complexity index is 1310. The van der Waals surface area contributed by atoms with Crippen molar-refractivity contribution in [2.45, 2.75) is 37.5 Å². The van der Waals surface area contributed by atoms with Gasteiger partial charge in [-0.25, -0.2) is 8.42 Å². The fourth-order valence-electron chi connectivity index (χ4n) is 4.86. The average Bonchev–Trinajstić information content (AvgIpc) is 3.38. The lowest BCUT2D eigenvalue weighted by molar-refractivity contribution is -0.127. The van der Waals surface area contributed by atoms with Crippen molar-refractivity contribution >= 4 is 33.2 Å². The molecule has 34 heavy (non-hydrogen) atoms. The van der Waals surface area contributed by atoms with Crippen molar-refractivity contribution in [1.29, 1.82) is 0 Å². The Labute approximate surface area is 203 Å².